The molecule has 0 bridgehead atoms. The van der Waals surface area contributed by atoms with Crippen LogP contribution in [0, 0.1) is 6.92 Å². The van der Waals surface area contributed by atoms with Gasteiger partial charge in [0.1, 0.15) is 22.6 Å². The zero-order valence-corrected chi connectivity index (χ0v) is 22.2. The highest BCUT2D eigenvalue weighted by Crippen LogP contribution is 2.19. The van der Waals surface area contributed by atoms with Gasteiger partial charge in [0.05, 0.1) is 31.2 Å². The Morgan fingerprint density at radius 3 is 2.62 bits per heavy atom. The van der Waals surface area contributed by atoms with Gasteiger partial charge >= 0.3 is 5.97 Å². The quantitative estimate of drug-likeness (QED) is 0.266. The van der Waals surface area contributed by atoms with Crippen molar-refractivity contribution in [2.45, 2.75) is 46.3 Å². The molecular formula is C29H30N4O6. The smallest absolute Gasteiger partial charge is 0.341 e. The van der Waals surface area contributed by atoms with Crippen LogP contribution < -0.4 is 15.8 Å². The predicted molar refractivity (Wildman–Crippen MR) is 144 cm³/mol. The summed E-state index contributed by atoms with van der Waals surface area (Å²) in [6, 6.07) is 11.7. The number of nitrogens with zero attached hydrogens (tertiary/aromatic N) is 4. The van der Waals surface area contributed by atoms with E-state index < -0.39 is 11.9 Å². The number of aryl methyl sites for hydroxylation is 1. The van der Waals surface area contributed by atoms with Crippen LogP contribution in [0.15, 0.2) is 58.4 Å². The first-order valence-electron chi connectivity index (χ1n) is 13.1. The molecule has 4 aromatic rings. The van der Waals surface area contributed by atoms with Gasteiger partial charge in [0, 0.05) is 18.4 Å². The molecule has 1 aliphatic rings. The molecule has 1 aliphatic heterocycles. The number of esters is 1. The van der Waals surface area contributed by atoms with E-state index in [0.29, 0.717) is 35.8 Å². The number of ether oxygens (including phenoxy) is 3. The highest BCUT2D eigenvalue weighted by molar-refractivity contribution is 5.97. The molecule has 39 heavy (non-hydrogen) atoms. The summed E-state index contributed by atoms with van der Waals surface area (Å²) in [7, 11) is 0. The Labute approximate surface area is 224 Å². The van der Waals surface area contributed by atoms with Crippen LogP contribution in [-0.4, -0.2) is 51.8 Å². The van der Waals surface area contributed by atoms with Crippen molar-refractivity contribution in [3.8, 4) is 5.75 Å². The zero-order valence-electron chi connectivity index (χ0n) is 22.2. The summed E-state index contributed by atoms with van der Waals surface area (Å²) in [6.45, 7) is 6.91. The third-order valence-electron chi connectivity index (χ3n) is 6.63. The van der Waals surface area contributed by atoms with Crippen LogP contribution in [0.25, 0.3) is 16.7 Å². The van der Waals surface area contributed by atoms with E-state index in [0.717, 1.165) is 18.4 Å². The maximum atomic E-state index is 13.6. The van der Waals surface area contributed by atoms with Crippen LogP contribution >= 0.6 is 0 Å². The molecule has 0 saturated carbocycles. The first-order valence-corrected chi connectivity index (χ1v) is 13.1. The standard InChI is InChI=1S/C29H30N4O6/c1-4-37-20-12-10-19(11-13-20)27(34)31-26-23(29(36)38-5-2)16-22-25(33(26)17-21-9-7-15-39-21)30-24-18(3)8-6-14-32(24)28(22)35/h6,8,10-14,16,21H,4-5,7,9,15,17H2,1-3H3/t21-/m1/s1. The van der Waals surface area contributed by atoms with Crippen LogP contribution in [0.4, 0.5) is 0 Å². The minimum Gasteiger partial charge on any atom is -0.494 e. The lowest BCUT2D eigenvalue weighted by atomic mass is 10.1. The molecule has 202 valence electrons. The average Bonchev–Trinajstić information content (AvgIpc) is 3.44. The molecule has 1 fully saturated rings. The number of aromatic nitrogens is 3. The summed E-state index contributed by atoms with van der Waals surface area (Å²) in [5, 5.41) is 0.214. The van der Waals surface area contributed by atoms with E-state index in [1.54, 1.807) is 48.0 Å². The maximum Gasteiger partial charge on any atom is 0.341 e. The van der Waals surface area contributed by atoms with Crippen LogP contribution in [0.5, 0.6) is 5.75 Å². The van der Waals surface area contributed by atoms with Crippen molar-refractivity contribution in [3.63, 3.8) is 0 Å². The number of hydrogen-bond donors (Lipinski definition) is 0. The zero-order chi connectivity index (χ0) is 27.5. The Morgan fingerprint density at radius 1 is 1.13 bits per heavy atom. The van der Waals surface area contributed by atoms with Crippen LogP contribution in [0.1, 0.15) is 53.0 Å². The highest BCUT2D eigenvalue weighted by atomic mass is 16.5. The summed E-state index contributed by atoms with van der Waals surface area (Å²) in [4.78, 5) is 49.4. The van der Waals surface area contributed by atoms with E-state index in [-0.39, 0.29) is 41.3 Å². The molecule has 0 N–H and O–H groups in total. The van der Waals surface area contributed by atoms with Crippen molar-refractivity contribution >= 4 is 28.6 Å². The first-order chi connectivity index (χ1) is 18.9. The van der Waals surface area contributed by atoms with E-state index in [9.17, 15) is 14.4 Å². The van der Waals surface area contributed by atoms with Crippen molar-refractivity contribution < 1.29 is 23.8 Å². The van der Waals surface area contributed by atoms with Crippen LogP contribution in [0.2, 0.25) is 0 Å². The van der Waals surface area contributed by atoms with Crippen molar-refractivity contribution in [1.29, 1.82) is 0 Å². The first kappa shape index (κ1) is 26.3. The van der Waals surface area contributed by atoms with Gasteiger partial charge in [-0.15, -0.1) is 0 Å². The highest BCUT2D eigenvalue weighted by Gasteiger charge is 2.24. The van der Waals surface area contributed by atoms with E-state index in [1.807, 2.05) is 19.9 Å². The molecule has 3 aromatic heterocycles. The molecule has 1 atom stereocenters. The van der Waals surface area contributed by atoms with E-state index in [4.69, 9.17) is 19.2 Å². The number of carbonyl (C=O) groups excluding carboxylic acids is 2. The number of rotatable bonds is 7. The number of benzene rings is 1. The monoisotopic (exact) mass is 530 g/mol. The average molecular weight is 531 g/mol. The fourth-order valence-electron chi connectivity index (χ4n) is 4.75. The van der Waals surface area contributed by atoms with Gasteiger partial charge in [-0.2, -0.15) is 4.99 Å². The molecule has 1 amide bonds. The van der Waals surface area contributed by atoms with E-state index in [1.165, 1.54) is 10.5 Å². The van der Waals surface area contributed by atoms with Crippen molar-refractivity contribution in [3.05, 3.63) is 81.2 Å². The van der Waals surface area contributed by atoms with Gasteiger partial charge in [-0.1, -0.05) is 6.07 Å². The number of hydrogen-bond acceptors (Lipinski definition) is 7. The summed E-state index contributed by atoms with van der Waals surface area (Å²) in [6.07, 6.45) is 3.12. The number of fused-ring (bicyclic) bond motifs is 2. The van der Waals surface area contributed by atoms with Crippen molar-refractivity contribution in [2.75, 3.05) is 19.8 Å². The van der Waals surface area contributed by atoms with Gasteiger partial charge in [0.2, 0.25) is 0 Å². The summed E-state index contributed by atoms with van der Waals surface area (Å²) in [5.74, 6) is -0.613. The third-order valence-corrected chi connectivity index (χ3v) is 6.63. The molecule has 0 unspecified atom stereocenters. The molecule has 0 spiro atoms. The largest absolute Gasteiger partial charge is 0.494 e. The van der Waals surface area contributed by atoms with E-state index in [2.05, 4.69) is 4.99 Å². The van der Waals surface area contributed by atoms with Gasteiger partial charge in [-0.25, -0.2) is 9.78 Å². The minimum atomic E-state index is -0.688. The molecular weight excluding hydrogens is 500 g/mol. The topological polar surface area (TPSA) is 113 Å². The van der Waals surface area contributed by atoms with Crippen molar-refractivity contribution in [1.82, 2.24) is 14.0 Å². The fourth-order valence-corrected chi connectivity index (χ4v) is 4.75. The third kappa shape index (κ3) is 5.20. The maximum absolute atomic E-state index is 13.6. The molecule has 5 rings (SSSR count). The molecule has 1 saturated heterocycles. The van der Waals surface area contributed by atoms with E-state index >= 15 is 0 Å². The lowest BCUT2D eigenvalue weighted by molar-refractivity contribution is 0.0521. The lowest BCUT2D eigenvalue weighted by Gasteiger charge is -2.18. The normalized spacial score (nSPS) is 15.7. The predicted octanol–water partition coefficient (Wildman–Crippen LogP) is 3.45. The van der Waals surface area contributed by atoms with Gasteiger partial charge in [-0.3, -0.25) is 14.0 Å². The number of carbonyl (C=O) groups is 2. The number of amides is 1. The Hall–Kier alpha value is -4.31. The van der Waals surface area contributed by atoms with Gasteiger partial charge in [0.25, 0.3) is 11.5 Å². The van der Waals surface area contributed by atoms with Crippen LogP contribution in [-0.2, 0) is 16.0 Å². The fraction of sp³-hybridized carbons (Fsp3) is 0.345. The molecule has 4 heterocycles. The SMILES string of the molecule is CCOC(=O)c1cc2c(=O)n3cccc(C)c3nc2n(C[C@H]2CCCO2)c1=NC(=O)c1ccc(OCC)cc1. The minimum absolute atomic E-state index is 0.00753. The van der Waals surface area contributed by atoms with Gasteiger partial charge in [-0.05, 0) is 75.6 Å². The van der Waals surface area contributed by atoms with Crippen molar-refractivity contribution in [2.24, 2.45) is 4.99 Å². The second-order valence-electron chi connectivity index (χ2n) is 9.26. The second kappa shape index (κ2) is 11.2. The lowest BCUT2D eigenvalue weighted by Crippen LogP contribution is -2.35. The Morgan fingerprint density at radius 2 is 1.92 bits per heavy atom. The summed E-state index contributed by atoms with van der Waals surface area (Å²) in [5.41, 5.74) is 1.65. The Bertz CT molecular complexity index is 1680. The summed E-state index contributed by atoms with van der Waals surface area (Å²) >= 11 is 0. The molecule has 10 heteroatoms. The van der Waals surface area contributed by atoms with Gasteiger partial charge in [0.15, 0.2) is 5.49 Å². The second-order valence-corrected chi connectivity index (χ2v) is 9.26. The Kier molecular flexibility index (Phi) is 7.56. The molecule has 0 aliphatic carbocycles. The van der Waals surface area contributed by atoms with Gasteiger partial charge < -0.3 is 18.8 Å². The Balaban J connectivity index is 1.81. The molecule has 10 nitrogen and oxygen atoms in total. The van der Waals surface area contributed by atoms with Crippen LogP contribution in [0.3, 0.4) is 0 Å². The summed E-state index contributed by atoms with van der Waals surface area (Å²) < 4.78 is 19.8. The molecule has 0 radical (unpaired) electrons. The number of pyridine rings is 2. The molecule has 1 aromatic carbocycles.